The molecule has 46 heavy (non-hydrogen) atoms. The maximum Gasteiger partial charge on any atom is 0.159 e. The third-order valence-electron chi connectivity index (χ3n) is 9.61. The summed E-state index contributed by atoms with van der Waals surface area (Å²) in [6.45, 7) is 0. The van der Waals surface area contributed by atoms with Gasteiger partial charge in [-0.15, -0.1) is 22.7 Å². The molecular weight excluding hydrogens is 599 g/mol. The van der Waals surface area contributed by atoms with Gasteiger partial charge >= 0.3 is 0 Å². The number of thiophene rings is 2. The molecule has 4 heteroatoms. The van der Waals surface area contributed by atoms with Crippen LogP contribution in [0.15, 0.2) is 144 Å². The number of fused-ring (bicyclic) bond motifs is 13. The molecule has 214 valence electrons. The zero-order valence-corrected chi connectivity index (χ0v) is 26.1. The molecule has 0 unspecified atom stereocenters. The van der Waals surface area contributed by atoms with Crippen molar-refractivity contribution < 1.29 is 4.42 Å². The van der Waals surface area contributed by atoms with Gasteiger partial charge in [-0.2, -0.15) is 0 Å². The fourth-order valence-electron chi connectivity index (χ4n) is 7.63. The van der Waals surface area contributed by atoms with Gasteiger partial charge in [0.05, 0.1) is 16.7 Å². The highest BCUT2D eigenvalue weighted by Gasteiger charge is 2.20. The molecule has 0 aliphatic heterocycles. The zero-order chi connectivity index (χ0) is 29.9. The number of hydrogen-bond donors (Lipinski definition) is 0. The average Bonchev–Trinajstić information content (AvgIpc) is 3.86. The fourth-order valence-corrected chi connectivity index (χ4v) is 10.1. The van der Waals surface area contributed by atoms with Crippen LogP contribution in [0.3, 0.4) is 0 Å². The van der Waals surface area contributed by atoms with Crippen LogP contribution in [-0.4, -0.2) is 4.57 Å². The van der Waals surface area contributed by atoms with Crippen molar-refractivity contribution in [1.82, 2.24) is 4.57 Å². The van der Waals surface area contributed by atoms with Gasteiger partial charge < -0.3 is 8.98 Å². The van der Waals surface area contributed by atoms with Crippen molar-refractivity contribution in [1.29, 1.82) is 0 Å². The molecule has 0 aliphatic carbocycles. The average molecular weight is 622 g/mol. The molecule has 0 aliphatic rings. The van der Waals surface area contributed by atoms with Gasteiger partial charge in [-0.3, -0.25) is 0 Å². The molecule has 2 nitrogen and oxygen atoms in total. The predicted octanol–water partition coefficient (Wildman–Crippen LogP) is 13.1. The zero-order valence-electron chi connectivity index (χ0n) is 24.5. The maximum atomic E-state index is 6.52. The molecule has 0 atom stereocenters. The van der Waals surface area contributed by atoms with Crippen molar-refractivity contribution in [3.8, 4) is 16.8 Å². The fraction of sp³-hybridized carbons (Fsp3) is 0. The largest absolute Gasteiger partial charge is 0.454 e. The number of para-hydroxylation sites is 3. The summed E-state index contributed by atoms with van der Waals surface area (Å²) >= 11 is 3.81. The van der Waals surface area contributed by atoms with Crippen LogP contribution in [0.25, 0.3) is 101 Å². The third-order valence-corrected chi connectivity index (χ3v) is 11.9. The summed E-state index contributed by atoms with van der Waals surface area (Å²) in [6.07, 6.45) is 0. The van der Waals surface area contributed by atoms with E-state index in [2.05, 4.69) is 138 Å². The Morgan fingerprint density at radius 2 is 1.20 bits per heavy atom. The van der Waals surface area contributed by atoms with Crippen molar-refractivity contribution >= 4 is 107 Å². The Bertz CT molecular complexity index is 3040. The van der Waals surface area contributed by atoms with Crippen LogP contribution in [0.4, 0.5) is 0 Å². The molecule has 11 rings (SSSR count). The molecule has 11 aromatic rings. The lowest BCUT2D eigenvalue weighted by Gasteiger charge is -2.10. The quantitative estimate of drug-likeness (QED) is 0.188. The van der Waals surface area contributed by atoms with Gasteiger partial charge in [0.15, 0.2) is 5.58 Å². The minimum absolute atomic E-state index is 0.914. The Morgan fingerprint density at radius 1 is 0.457 bits per heavy atom. The van der Waals surface area contributed by atoms with E-state index < -0.39 is 0 Å². The van der Waals surface area contributed by atoms with Crippen LogP contribution < -0.4 is 0 Å². The lowest BCUT2D eigenvalue weighted by Crippen LogP contribution is -1.94. The number of furan rings is 1. The molecule has 0 saturated heterocycles. The van der Waals surface area contributed by atoms with E-state index >= 15 is 0 Å². The molecule has 7 aromatic carbocycles. The number of hydrogen-bond acceptors (Lipinski definition) is 3. The van der Waals surface area contributed by atoms with E-state index in [1.54, 1.807) is 0 Å². The van der Waals surface area contributed by atoms with Crippen LogP contribution in [0, 0.1) is 0 Å². The maximum absolute atomic E-state index is 6.52. The second-order valence-electron chi connectivity index (χ2n) is 12.0. The normalized spacial score (nSPS) is 12.3. The first-order valence-electron chi connectivity index (χ1n) is 15.5. The highest BCUT2D eigenvalue weighted by Crippen LogP contribution is 2.48. The van der Waals surface area contributed by atoms with Gasteiger partial charge in [0.1, 0.15) is 5.58 Å². The van der Waals surface area contributed by atoms with Crippen LogP contribution in [0.1, 0.15) is 0 Å². The first kappa shape index (κ1) is 24.8. The van der Waals surface area contributed by atoms with Gasteiger partial charge in [0.2, 0.25) is 0 Å². The van der Waals surface area contributed by atoms with E-state index in [0.29, 0.717) is 0 Å². The smallest absolute Gasteiger partial charge is 0.159 e. The monoisotopic (exact) mass is 621 g/mol. The number of nitrogens with zero attached hydrogens (tertiary/aromatic N) is 1. The van der Waals surface area contributed by atoms with E-state index in [-0.39, 0.29) is 0 Å². The van der Waals surface area contributed by atoms with Crippen LogP contribution in [-0.2, 0) is 0 Å². The molecule has 0 fully saturated rings. The third kappa shape index (κ3) is 3.24. The lowest BCUT2D eigenvalue weighted by molar-refractivity contribution is 0.666. The highest BCUT2D eigenvalue weighted by atomic mass is 32.1. The SMILES string of the molecule is c1ccc2c(c1)oc1c(-n3c4ccccc4c4cc(-c5cccc6sc7ccc8c9ccccc9sc8c7c56)ccc43)cccc12. The molecule has 0 bridgehead atoms. The Kier molecular flexibility index (Phi) is 4.90. The minimum Gasteiger partial charge on any atom is -0.454 e. The first-order chi connectivity index (χ1) is 22.8. The molecule has 4 aromatic heterocycles. The molecule has 0 saturated carbocycles. The van der Waals surface area contributed by atoms with E-state index in [1.165, 1.54) is 73.3 Å². The second-order valence-corrected chi connectivity index (χ2v) is 14.2. The number of benzene rings is 7. The Balaban J connectivity index is 1.21. The van der Waals surface area contributed by atoms with Crippen molar-refractivity contribution in [2.24, 2.45) is 0 Å². The Hall–Kier alpha value is -5.42. The summed E-state index contributed by atoms with van der Waals surface area (Å²) in [5.41, 5.74) is 7.76. The summed E-state index contributed by atoms with van der Waals surface area (Å²) in [4.78, 5) is 0. The minimum atomic E-state index is 0.914. The van der Waals surface area contributed by atoms with Crippen LogP contribution >= 0.6 is 22.7 Å². The lowest BCUT2D eigenvalue weighted by atomic mass is 9.97. The van der Waals surface area contributed by atoms with Crippen molar-refractivity contribution in [2.45, 2.75) is 0 Å². The molecule has 4 heterocycles. The summed E-state index contributed by atoms with van der Waals surface area (Å²) in [6, 6.07) is 50.8. The van der Waals surface area contributed by atoms with Crippen LogP contribution in [0.2, 0.25) is 0 Å². The number of aromatic nitrogens is 1. The molecule has 0 N–H and O–H groups in total. The second kappa shape index (κ2) is 9.07. The van der Waals surface area contributed by atoms with Crippen molar-refractivity contribution in [3.63, 3.8) is 0 Å². The van der Waals surface area contributed by atoms with Gasteiger partial charge in [-0.1, -0.05) is 91.0 Å². The summed E-state index contributed by atoms with van der Waals surface area (Å²) in [7, 11) is 0. The Labute approximate surface area is 270 Å². The standard InChI is InChI=1S/C42H23NOS2/c1-4-14-32-26(9-1)31-23-24(19-21-33(31)43(32)34-15-7-13-29-27-10-2-5-16-35(27)44-41(29)34)25-12-8-18-37-39(25)40-38(45-37)22-20-30-28-11-3-6-17-36(28)46-42(30)40/h1-23H. The van der Waals surface area contributed by atoms with Gasteiger partial charge in [-0.25, -0.2) is 0 Å². The highest BCUT2D eigenvalue weighted by molar-refractivity contribution is 7.29. The van der Waals surface area contributed by atoms with E-state index in [1.807, 2.05) is 28.7 Å². The molecule has 0 amide bonds. The summed E-state index contributed by atoms with van der Waals surface area (Å²) in [5, 5.41) is 10.2. The molecular formula is C42H23NOS2. The first-order valence-corrected chi connectivity index (χ1v) is 17.1. The molecule has 0 radical (unpaired) electrons. The molecule has 0 spiro atoms. The van der Waals surface area contributed by atoms with E-state index in [4.69, 9.17) is 4.42 Å². The van der Waals surface area contributed by atoms with Gasteiger partial charge in [0.25, 0.3) is 0 Å². The predicted molar refractivity (Wildman–Crippen MR) is 199 cm³/mol. The number of rotatable bonds is 2. The topological polar surface area (TPSA) is 18.1 Å². The van der Waals surface area contributed by atoms with E-state index in [9.17, 15) is 0 Å². The van der Waals surface area contributed by atoms with Crippen molar-refractivity contribution in [3.05, 3.63) is 140 Å². The Morgan fingerprint density at radius 3 is 2.15 bits per heavy atom. The van der Waals surface area contributed by atoms with Crippen LogP contribution in [0.5, 0.6) is 0 Å². The summed E-state index contributed by atoms with van der Waals surface area (Å²) in [5.74, 6) is 0. The van der Waals surface area contributed by atoms with Crippen molar-refractivity contribution in [2.75, 3.05) is 0 Å². The van der Waals surface area contributed by atoms with E-state index in [0.717, 1.165) is 27.6 Å². The van der Waals surface area contributed by atoms with Gasteiger partial charge in [-0.05, 0) is 59.7 Å². The summed E-state index contributed by atoms with van der Waals surface area (Å²) < 4.78 is 14.3. The van der Waals surface area contributed by atoms with Gasteiger partial charge in [0, 0.05) is 61.9 Å².